The maximum Gasteiger partial charge on any atom is 0.269 e. The van der Waals surface area contributed by atoms with Crippen LogP contribution in [0.15, 0.2) is 53.3 Å². The average Bonchev–Trinajstić information content (AvgIpc) is 2.72. The molecule has 0 spiro atoms. The lowest BCUT2D eigenvalue weighted by Gasteiger charge is -2.14. The number of para-hydroxylation sites is 1. The molecule has 3 rings (SSSR count). The lowest BCUT2D eigenvalue weighted by atomic mass is 10.2. The van der Waals surface area contributed by atoms with E-state index in [1.807, 2.05) is 0 Å². The van der Waals surface area contributed by atoms with Gasteiger partial charge in [0.1, 0.15) is 0 Å². The number of sulfonamides is 1. The Bertz CT molecular complexity index is 1220. The molecular formula is C19H21N5O4S. The zero-order valence-corrected chi connectivity index (χ0v) is 16.8. The average molecular weight is 415 g/mol. The second-order valence-electron chi connectivity index (χ2n) is 6.17. The Morgan fingerprint density at radius 2 is 1.86 bits per heavy atom. The summed E-state index contributed by atoms with van der Waals surface area (Å²) in [6.07, 6.45) is 0. The topological polar surface area (TPSA) is 122 Å². The summed E-state index contributed by atoms with van der Waals surface area (Å²) >= 11 is 0. The second kappa shape index (κ2) is 8.31. The fourth-order valence-electron chi connectivity index (χ4n) is 2.72. The molecule has 0 radical (unpaired) electrons. The number of hydrogen-bond acceptors (Lipinski definition) is 6. The third kappa shape index (κ3) is 4.54. The van der Waals surface area contributed by atoms with Crippen LogP contribution in [0.5, 0.6) is 0 Å². The number of carbonyl (C=O) groups excluding carboxylic acids is 1. The molecule has 29 heavy (non-hydrogen) atoms. The molecule has 0 atom stereocenters. The van der Waals surface area contributed by atoms with Crippen molar-refractivity contribution in [2.75, 3.05) is 15.9 Å². The van der Waals surface area contributed by atoms with E-state index >= 15 is 0 Å². The fraction of sp³-hybridized carbons (Fsp3) is 0.211. The molecule has 1 heterocycles. The minimum absolute atomic E-state index is 0.0762. The van der Waals surface area contributed by atoms with Gasteiger partial charge in [0, 0.05) is 17.8 Å². The first-order chi connectivity index (χ1) is 13.8. The smallest absolute Gasteiger partial charge is 0.269 e. The first-order valence-electron chi connectivity index (χ1n) is 9.01. The number of nitrogens with zero attached hydrogens (tertiary/aromatic N) is 2. The molecule has 0 aliphatic carbocycles. The molecule has 0 unspecified atom stereocenters. The number of benzene rings is 2. The van der Waals surface area contributed by atoms with Crippen LogP contribution >= 0.6 is 0 Å². The summed E-state index contributed by atoms with van der Waals surface area (Å²) in [6.45, 7) is 3.68. The van der Waals surface area contributed by atoms with Gasteiger partial charge in [-0.3, -0.25) is 29.7 Å². The lowest BCUT2D eigenvalue weighted by molar-refractivity contribution is 0.0962. The van der Waals surface area contributed by atoms with Crippen molar-refractivity contribution in [3.05, 3.63) is 64.4 Å². The van der Waals surface area contributed by atoms with Crippen molar-refractivity contribution in [2.45, 2.75) is 20.4 Å². The van der Waals surface area contributed by atoms with E-state index in [1.54, 1.807) is 49.4 Å². The van der Waals surface area contributed by atoms with Crippen molar-refractivity contribution in [1.29, 1.82) is 0 Å². The highest BCUT2D eigenvalue weighted by Crippen LogP contribution is 2.13. The van der Waals surface area contributed by atoms with Crippen LogP contribution in [0.4, 0.5) is 11.6 Å². The Morgan fingerprint density at radius 3 is 2.59 bits per heavy atom. The van der Waals surface area contributed by atoms with Gasteiger partial charge in [-0.15, -0.1) is 0 Å². The number of anilines is 2. The van der Waals surface area contributed by atoms with Crippen LogP contribution < -0.4 is 21.1 Å². The molecule has 9 nitrogen and oxygen atoms in total. The summed E-state index contributed by atoms with van der Waals surface area (Å²) in [6, 6.07) is 13.0. The second-order valence-corrected chi connectivity index (χ2v) is 8.18. The zero-order chi connectivity index (χ0) is 21.0. The van der Waals surface area contributed by atoms with E-state index in [-0.39, 0.29) is 28.5 Å². The maximum absolute atomic E-state index is 12.6. The molecule has 0 saturated heterocycles. The highest BCUT2D eigenvalue weighted by Gasteiger charge is 2.13. The number of amides is 1. The SMILES string of the molecule is CCn1c(NNC(=O)c2cccc(NS(=O)(=O)CC)c2)nc2ccccc2c1=O. The van der Waals surface area contributed by atoms with Gasteiger partial charge in [0.25, 0.3) is 11.5 Å². The van der Waals surface area contributed by atoms with Crippen molar-refractivity contribution < 1.29 is 13.2 Å². The highest BCUT2D eigenvalue weighted by molar-refractivity contribution is 7.92. The van der Waals surface area contributed by atoms with Gasteiger partial charge in [-0.25, -0.2) is 13.4 Å². The molecule has 1 aromatic heterocycles. The van der Waals surface area contributed by atoms with E-state index in [0.717, 1.165) is 0 Å². The Balaban J connectivity index is 1.82. The van der Waals surface area contributed by atoms with Crippen molar-refractivity contribution in [2.24, 2.45) is 0 Å². The minimum Gasteiger partial charge on any atom is -0.284 e. The van der Waals surface area contributed by atoms with E-state index in [0.29, 0.717) is 17.4 Å². The van der Waals surface area contributed by atoms with Crippen molar-refractivity contribution >= 4 is 38.5 Å². The Morgan fingerprint density at radius 1 is 1.10 bits per heavy atom. The quantitative estimate of drug-likeness (QED) is 0.507. The van der Waals surface area contributed by atoms with Gasteiger partial charge in [0.2, 0.25) is 16.0 Å². The Labute approximate surface area is 167 Å². The van der Waals surface area contributed by atoms with Crippen LogP contribution in [-0.4, -0.2) is 29.6 Å². The van der Waals surface area contributed by atoms with Crippen LogP contribution in [0, 0.1) is 0 Å². The van der Waals surface area contributed by atoms with Crippen molar-refractivity contribution in [3.63, 3.8) is 0 Å². The third-order valence-electron chi connectivity index (χ3n) is 4.24. The molecule has 3 aromatic rings. The number of fused-ring (bicyclic) bond motifs is 1. The number of carbonyl (C=O) groups is 1. The number of hydrogen-bond donors (Lipinski definition) is 3. The van der Waals surface area contributed by atoms with Crippen molar-refractivity contribution in [1.82, 2.24) is 15.0 Å². The molecule has 1 amide bonds. The normalized spacial score (nSPS) is 11.2. The summed E-state index contributed by atoms with van der Waals surface area (Å²) in [5.41, 5.74) is 6.00. The number of aromatic nitrogens is 2. The van der Waals surface area contributed by atoms with E-state index < -0.39 is 15.9 Å². The molecule has 152 valence electrons. The van der Waals surface area contributed by atoms with Gasteiger partial charge in [-0.2, -0.15) is 0 Å². The van der Waals surface area contributed by atoms with Crippen LogP contribution in [0.1, 0.15) is 24.2 Å². The third-order valence-corrected chi connectivity index (χ3v) is 5.55. The van der Waals surface area contributed by atoms with E-state index in [2.05, 4.69) is 20.6 Å². The highest BCUT2D eigenvalue weighted by atomic mass is 32.2. The van der Waals surface area contributed by atoms with Crippen LogP contribution in [0.25, 0.3) is 10.9 Å². The van der Waals surface area contributed by atoms with E-state index in [4.69, 9.17) is 0 Å². The van der Waals surface area contributed by atoms with Gasteiger partial charge in [-0.1, -0.05) is 18.2 Å². The van der Waals surface area contributed by atoms with Gasteiger partial charge in [-0.05, 0) is 44.2 Å². The van der Waals surface area contributed by atoms with Crippen LogP contribution in [0.3, 0.4) is 0 Å². The molecule has 3 N–H and O–H groups in total. The predicted octanol–water partition coefficient (Wildman–Crippen LogP) is 1.93. The summed E-state index contributed by atoms with van der Waals surface area (Å²) in [7, 11) is -3.45. The number of nitrogens with one attached hydrogen (secondary N) is 3. The standard InChI is InChI=1S/C19H21N5O4S/c1-3-24-18(26)15-10-5-6-11-16(15)20-19(24)22-21-17(25)13-8-7-9-14(12-13)23-29(27,28)4-2/h5-12,23H,3-4H2,1-2H3,(H,20,22)(H,21,25). The largest absolute Gasteiger partial charge is 0.284 e. The van der Waals surface area contributed by atoms with Gasteiger partial charge >= 0.3 is 0 Å². The van der Waals surface area contributed by atoms with Gasteiger partial charge < -0.3 is 0 Å². The molecule has 0 bridgehead atoms. The van der Waals surface area contributed by atoms with Crippen LogP contribution in [-0.2, 0) is 16.6 Å². The fourth-order valence-corrected chi connectivity index (χ4v) is 3.35. The molecule has 0 aliphatic rings. The van der Waals surface area contributed by atoms with Crippen LogP contribution in [0.2, 0.25) is 0 Å². The summed E-state index contributed by atoms with van der Waals surface area (Å²) < 4.78 is 27.2. The number of rotatable bonds is 7. The Hall–Kier alpha value is -3.40. The maximum atomic E-state index is 12.6. The zero-order valence-electron chi connectivity index (χ0n) is 16.0. The first-order valence-corrected chi connectivity index (χ1v) is 10.7. The molecule has 10 heteroatoms. The van der Waals surface area contributed by atoms with Gasteiger partial charge in [0.05, 0.1) is 16.7 Å². The predicted molar refractivity (Wildman–Crippen MR) is 112 cm³/mol. The summed E-state index contributed by atoms with van der Waals surface area (Å²) in [4.78, 5) is 29.5. The number of hydrazine groups is 1. The molecule has 0 fully saturated rings. The van der Waals surface area contributed by atoms with E-state index in [9.17, 15) is 18.0 Å². The molecule has 0 saturated carbocycles. The van der Waals surface area contributed by atoms with Gasteiger partial charge in [0.15, 0.2) is 0 Å². The van der Waals surface area contributed by atoms with Crippen molar-refractivity contribution in [3.8, 4) is 0 Å². The summed E-state index contributed by atoms with van der Waals surface area (Å²) in [5, 5.41) is 0.488. The molecule has 2 aromatic carbocycles. The summed E-state index contributed by atoms with van der Waals surface area (Å²) in [5.74, 6) is -0.382. The minimum atomic E-state index is -3.45. The Kier molecular flexibility index (Phi) is 5.83. The lowest BCUT2D eigenvalue weighted by Crippen LogP contribution is -2.34. The molecule has 0 aliphatic heterocycles. The first kappa shape index (κ1) is 20.3. The molecular weight excluding hydrogens is 394 g/mol. The van der Waals surface area contributed by atoms with E-state index in [1.165, 1.54) is 17.6 Å². The monoisotopic (exact) mass is 415 g/mol.